The van der Waals surface area contributed by atoms with E-state index in [1.54, 1.807) is 0 Å². The standard InChI is InChI=1S/C14H23N7O/c1-4-21-9-11(8-16-21)12-10(5-6-22-12)7-15-13-17-14(19-18-13)20(2)3/h8-10,12H,4-7H2,1-3H3,(H2,15,17,18,19)/t10-,12+/m1/s1. The highest BCUT2D eigenvalue weighted by Crippen LogP contribution is 2.34. The summed E-state index contributed by atoms with van der Waals surface area (Å²) in [4.78, 5) is 6.24. The van der Waals surface area contributed by atoms with Crippen molar-refractivity contribution in [2.75, 3.05) is 37.5 Å². The molecule has 0 unspecified atom stereocenters. The van der Waals surface area contributed by atoms with Crippen LogP contribution in [0.2, 0.25) is 0 Å². The first-order valence-corrected chi connectivity index (χ1v) is 7.65. The Morgan fingerprint density at radius 3 is 3.05 bits per heavy atom. The molecule has 0 spiro atoms. The lowest BCUT2D eigenvalue weighted by atomic mass is 9.97. The summed E-state index contributed by atoms with van der Waals surface area (Å²) < 4.78 is 7.83. The zero-order valence-electron chi connectivity index (χ0n) is 13.3. The molecule has 0 bridgehead atoms. The average molecular weight is 305 g/mol. The van der Waals surface area contributed by atoms with Crippen molar-refractivity contribution in [3.8, 4) is 0 Å². The smallest absolute Gasteiger partial charge is 0.245 e. The van der Waals surface area contributed by atoms with Crippen LogP contribution in [-0.4, -0.2) is 52.2 Å². The van der Waals surface area contributed by atoms with Crippen molar-refractivity contribution >= 4 is 11.9 Å². The van der Waals surface area contributed by atoms with Gasteiger partial charge in [-0.2, -0.15) is 10.1 Å². The molecule has 3 rings (SSSR count). The van der Waals surface area contributed by atoms with Gasteiger partial charge in [-0.3, -0.25) is 4.68 Å². The number of anilines is 2. The molecule has 0 aliphatic carbocycles. The maximum Gasteiger partial charge on any atom is 0.245 e. The Labute approximate surface area is 129 Å². The molecule has 2 aromatic heterocycles. The fraction of sp³-hybridized carbons (Fsp3) is 0.643. The number of aromatic nitrogens is 5. The highest BCUT2D eigenvalue weighted by atomic mass is 16.5. The van der Waals surface area contributed by atoms with Crippen LogP contribution in [0.15, 0.2) is 12.4 Å². The van der Waals surface area contributed by atoms with Crippen LogP contribution in [0.1, 0.15) is 25.0 Å². The van der Waals surface area contributed by atoms with Gasteiger partial charge in [0.2, 0.25) is 11.9 Å². The number of H-pyrrole nitrogens is 1. The van der Waals surface area contributed by atoms with Gasteiger partial charge in [0.25, 0.3) is 0 Å². The molecule has 1 fully saturated rings. The Morgan fingerprint density at radius 2 is 2.36 bits per heavy atom. The normalized spacial score (nSPS) is 21.2. The number of hydrogen-bond donors (Lipinski definition) is 2. The van der Waals surface area contributed by atoms with E-state index in [4.69, 9.17) is 4.74 Å². The summed E-state index contributed by atoms with van der Waals surface area (Å²) in [6.45, 7) is 4.54. The van der Waals surface area contributed by atoms with Gasteiger partial charge in [0.05, 0.1) is 12.3 Å². The van der Waals surface area contributed by atoms with Crippen molar-refractivity contribution in [1.29, 1.82) is 0 Å². The van der Waals surface area contributed by atoms with E-state index in [1.165, 1.54) is 0 Å². The van der Waals surface area contributed by atoms with E-state index in [0.29, 0.717) is 17.8 Å². The molecule has 3 heterocycles. The largest absolute Gasteiger partial charge is 0.373 e. The van der Waals surface area contributed by atoms with Gasteiger partial charge in [-0.15, -0.1) is 5.10 Å². The Kier molecular flexibility index (Phi) is 4.28. The molecular formula is C14H23N7O. The van der Waals surface area contributed by atoms with E-state index in [1.807, 2.05) is 29.9 Å². The van der Waals surface area contributed by atoms with E-state index >= 15 is 0 Å². The van der Waals surface area contributed by atoms with Gasteiger partial charge >= 0.3 is 0 Å². The SMILES string of the molecule is CCn1cc([C@H]2OCC[C@@H]2CNc2nc(N(C)C)n[nH]2)cn1. The first kappa shape index (κ1) is 14.8. The second-order valence-corrected chi connectivity index (χ2v) is 5.73. The van der Waals surface area contributed by atoms with Crippen molar-refractivity contribution in [3.63, 3.8) is 0 Å². The predicted octanol–water partition coefficient (Wildman–Crippen LogP) is 1.28. The maximum atomic E-state index is 5.89. The molecule has 1 saturated heterocycles. The van der Waals surface area contributed by atoms with Gasteiger partial charge in [-0.05, 0) is 13.3 Å². The molecule has 1 aliphatic rings. The number of rotatable bonds is 6. The zero-order valence-corrected chi connectivity index (χ0v) is 13.3. The molecule has 8 heteroatoms. The molecule has 8 nitrogen and oxygen atoms in total. The summed E-state index contributed by atoms with van der Waals surface area (Å²) in [7, 11) is 3.83. The summed E-state index contributed by atoms with van der Waals surface area (Å²) in [5.41, 5.74) is 1.15. The minimum atomic E-state index is 0.101. The van der Waals surface area contributed by atoms with E-state index in [-0.39, 0.29) is 6.10 Å². The quantitative estimate of drug-likeness (QED) is 0.836. The van der Waals surface area contributed by atoms with Crippen molar-refractivity contribution < 1.29 is 4.74 Å². The van der Waals surface area contributed by atoms with Gasteiger partial charge in [-0.25, -0.2) is 5.10 Å². The molecule has 0 amide bonds. The third kappa shape index (κ3) is 3.06. The Morgan fingerprint density at radius 1 is 1.50 bits per heavy atom. The van der Waals surface area contributed by atoms with Crippen LogP contribution in [0.25, 0.3) is 0 Å². The highest BCUT2D eigenvalue weighted by molar-refractivity contribution is 5.34. The number of ether oxygens (including phenoxy) is 1. The van der Waals surface area contributed by atoms with Gasteiger partial charge in [0.1, 0.15) is 0 Å². The lowest BCUT2D eigenvalue weighted by Crippen LogP contribution is -2.18. The number of aryl methyl sites for hydroxylation is 1. The van der Waals surface area contributed by atoms with Gasteiger partial charge < -0.3 is 15.0 Å². The van der Waals surface area contributed by atoms with Crippen LogP contribution in [-0.2, 0) is 11.3 Å². The average Bonchev–Trinajstić information content (AvgIpc) is 3.24. The second kappa shape index (κ2) is 6.35. The van der Waals surface area contributed by atoms with Crippen molar-refractivity contribution in [1.82, 2.24) is 25.0 Å². The van der Waals surface area contributed by atoms with E-state index < -0.39 is 0 Å². The molecule has 1 aliphatic heterocycles. The molecular weight excluding hydrogens is 282 g/mol. The fourth-order valence-electron chi connectivity index (χ4n) is 2.67. The van der Waals surface area contributed by atoms with Crippen LogP contribution in [0, 0.1) is 5.92 Å². The molecule has 0 radical (unpaired) electrons. The van der Waals surface area contributed by atoms with Crippen molar-refractivity contribution in [2.24, 2.45) is 5.92 Å². The van der Waals surface area contributed by atoms with Crippen LogP contribution >= 0.6 is 0 Å². The molecule has 2 N–H and O–H groups in total. The lowest BCUT2D eigenvalue weighted by Gasteiger charge is -2.17. The van der Waals surface area contributed by atoms with Crippen molar-refractivity contribution in [2.45, 2.75) is 26.0 Å². The summed E-state index contributed by atoms with van der Waals surface area (Å²) in [5, 5.41) is 14.7. The molecule has 2 aromatic rings. The van der Waals surface area contributed by atoms with E-state index in [0.717, 1.165) is 31.7 Å². The summed E-state index contributed by atoms with van der Waals surface area (Å²) in [6.07, 6.45) is 5.11. The number of nitrogens with zero attached hydrogens (tertiary/aromatic N) is 5. The third-order valence-electron chi connectivity index (χ3n) is 3.93. The van der Waals surface area contributed by atoms with Crippen molar-refractivity contribution in [3.05, 3.63) is 18.0 Å². The Hall–Kier alpha value is -2.09. The number of aromatic amines is 1. The third-order valence-corrected chi connectivity index (χ3v) is 3.93. The molecule has 120 valence electrons. The van der Waals surface area contributed by atoms with E-state index in [2.05, 4.69) is 38.7 Å². The van der Waals surface area contributed by atoms with Gasteiger partial charge in [0, 0.05) is 51.5 Å². The van der Waals surface area contributed by atoms with Crippen LogP contribution in [0.3, 0.4) is 0 Å². The van der Waals surface area contributed by atoms with Crippen LogP contribution < -0.4 is 10.2 Å². The summed E-state index contributed by atoms with van der Waals surface area (Å²) >= 11 is 0. The van der Waals surface area contributed by atoms with Gasteiger partial charge in [-0.1, -0.05) is 0 Å². The number of hydrogen-bond acceptors (Lipinski definition) is 6. The minimum absolute atomic E-state index is 0.101. The molecule has 22 heavy (non-hydrogen) atoms. The minimum Gasteiger partial charge on any atom is -0.373 e. The summed E-state index contributed by atoms with van der Waals surface area (Å²) in [6, 6.07) is 0. The fourth-order valence-corrected chi connectivity index (χ4v) is 2.67. The molecule has 0 aromatic carbocycles. The monoisotopic (exact) mass is 305 g/mol. The first-order valence-electron chi connectivity index (χ1n) is 7.65. The lowest BCUT2D eigenvalue weighted by molar-refractivity contribution is 0.0932. The molecule has 0 saturated carbocycles. The Bertz CT molecular complexity index is 606. The van der Waals surface area contributed by atoms with Crippen LogP contribution in [0.4, 0.5) is 11.9 Å². The predicted molar refractivity (Wildman–Crippen MR) is 83.9 cm³/mol. The summed E-state index contributed by atoms with van der Waals surface area (Å²) in [5.74, 6) is 1.77. The topological polar surface area (TPSA) is 83.9 Å². The van der Waals surface area contributed by atoms with Crippen LogP contribution in [0.5, 0.6) is 0 Å². The second-order valence-electron chi connectivity index (χ2n) is 5.73. The first-order chi connectivity index (χ1) is 10.7. The maximum absolute atomic E-state index is 5.89. The zero-order chi connectivity index (χ0) is 15.5. The molecule has 2 atom stereocenters. The van der Waals surface area contributed by atoms with E-state index in [9.17, 15) is 0 Å². The highest BCUT2D eigenvalue weighted by Gasteiger charge is 2.30. The van der Waals surface area contributed by atoms with Gasteiger partial charge in [0.15, 0.2) is 0 Å². The number of nitrogens with one attached hydrogen (secondary N) is 2. The Balaban J connectivity index is 1.61.